The monoisotopic (exact) mass is 234 g/mol. The number of carboxylic acid groups (broad SMARTS) is 2. The predicted molar refractivity (Wildman–Crippen MR) is 55.8 cm³/mol. The van der Waals surface area contributed by atoms with Crippen LogP contribution in [0.25, 0.3) is 0 Å². The van der Waals surface area contributed by atoms with Crippen LogP contribution in [-0.4, -0.2) is 32.0 Å². The van der Waals surface area contributed by atoms with Crippen LogP contribution >= 0.6 is 11.8 Å². The Morgan fingerprint density at radius 1 is 1.07 bits per heavy atom. The molecular formula is C9H14O5S. The smallest absolute Gasteiger partial charge is 0.304 e. The highest BCUT2D eigenvalue weighted by molar-refractivity contribution is 8.14. The van der Waals surface area contributed by atoms with Crippen LogP contribution in [0.3, 0.4) is 0 Å². The summed E-state index contributed by atoms with van der Waals surface area (Å²) >= 11 is 0.889. The first kappa shape index (κ1) is 14.0. The second-order valence-electron chi connectivity index (χ2n) is 3.70. The maximum atomic E-state index is 11.3. The second-order valence-corrected chi connectivity index (χ2v) is 5.46. The van der Waals surface area contributed by atoms with E-state index in [4.69, 9.17) is 10.2 Å². The highest BCUT2D eigenvalue weighted by Gasteiger charge is 2.25. The maximum absolute atomic E-state index is 11.3. The van der Waals surface area contributed by atoms with E-state index in [0.29, 0.717) is 0 Å². The largest absolute Gasteiger partial charge is 0.481 e. The fraction of sp³-hybridized carbons (Fsp3) is 0.667. The van der Waals surface area contributed by atoms with Crippen LogP contribution in [0.15, 0.2) is 0 Å². The molecule has 0 atom stereocenters. The van der Waals surface area contributed by atoms with E-state index in [2.05, 4.69) is 0 Å². The van der Waals surface area contributed by atoms with Crippen molar-refractivity contribution in [2.75, 3.05) is 0 Å². The minimum atomic E-state index is -1.03. The molecule has 86 valence electrons. The Bertz CT molecular complexity index is 272. The Morgan fingerprint density at radius 2 is 1.60 bits per heavy atom. The molecule has 0 saturated heterocycles. The quantitative estimate of drug-likeness (QED) is 0.721. The zero-order valence-corrected chi connectivity index (χ0v) is 9.47. The van der Waals surface area contributed by atoms with Crippen LogP contribution < -0.4 is 0 Å². The third-order valence-corrected chi connectivity index (χ3v) is 2.64. The lowest BCUT2D eigenvalue weighted by molar-refractivity contribution is -0.138. The van der Waals surface area contributed by atoms with Gasteiger partial charge in [0.2, 0.25) is 0 Å². The fourth-order valence-corrected chi connectivity index (χ4v) is 1.98. The number of carboxylic acids is 2. The molecule has 0 aromatic heterocycles. The molecule has 0 unspecified atom stereocenters. The molecule has 0 aliphatic heterocycles. The van der Waals surface area contributed by atoms with Crippen molar-refractivity contribution in [2.45, 2.75) is 37.9 Å². The SMILES string of the molecule is CC(C)(CC(=O)O)SC(=O)CCC(=O)O. The van der Waals surface area contributed by atoms with Crippen LogP contribution in [0.5, 0.6) is 0 Å². The van der Waals surface area contributed by atoms with Gasteiger partial charge in [-0.15, -0.1) is 0 Å². The van der Waals surface area contributed by atoms with Crippen molar-refractivity contribution in [1.29, 1.82) is 0 Å². The standard InChI is InChI=1S/C9H14O5S/c1-9(2,5-7(12)13)15-8(14)4-3-6(10)11/h3-5H2,1-2H3,(H,10,11)(H,12,13). The molecule has 2 N–H and O–H groups in total. The van der Waals surface area contributed by atoms with Crippen LogP contribution in [0.2, 0.25) is 0 Å². The van der Waals surface area contributed by atoms with Gasteiger partial charge in [0, 0.05) is 11.2 Å². The molecule has 0 aromatic rings. The molecule has 15 heavy (non-hydrogen) atoms. The summed E-state index contributed by atoms with van der Waals surface area (Å²) in [5.74, 6) is -2.00. The second kappa shape index (κ2) is 5.75. The summed E-state index contributed by atoms with van der Waals surface area (Å²) < 4.78 is -0.693. The molecule has 5 nitrogen and oxygen atoms in total. The lowest BCUT2D eigenvalue weighted by Gasteiger charge is -2.20. The van der Waals surface area contributed by atoms with Gasteiger partial charge in [-0.2, -0.15) is 0 Å². The molecule has 0 radical (unpaired) electrons. The van der Waals surface area contributed by atoms with E-state index in [9.17, 15) is 14.4 Å². The van der Waals surface area contributed by atoms with Crippen LogP contribution in [0, 0.1) is 0 Å². The van der Waals surface area contributed by atoms with Gasteiger partial charge in [-0.25, -0.2) is 0 Å². The minimum Gasteiger partial charge on any atom is -0.481 e. The molecule has 0 rings (SSSR count). The van der Waals surface area contributed by atoms with Gasteiger partial charge in [0.1, 0.15) is 0 Å². The Balaban J connectivity index is 4.04. The molecule has 0 aromatic carbocycles. The van der Waals surface area contributed by atoms with Gasteiger partial charge in [-0.3, -0.25) is 14.4 Å². The summed E-state index contributed by atoms with van der Waals surface area (Å²) in [4.78, 5) is 31.9. The number of hydrogen-bond donors (Lipinski definition) is 2. The molecule has 0 amide bonds. The molecule has 0 spiro atoms. The van der Waals surface area contributed by atoms with Gasteiger partial charge in [0.15, 0.2) is 5.12 Å². The molecule has 0 fully saturated rings. The van der Waals surface area contributed by atoms with E-state index >= 15 is 0 Å². The number of thioether (sulfide) groups is 1. The molecule has 0 saturated carbocycles. The zero-order valence-electron chi connectivity index (χ0n) is 8.65. The zero-order chi connectivity index (χ0) is 12.1. The lowest BCUT2D eigenvalue weighted by atomic mass is 10.1. The number of carbonyl (C=O) groups is 3. The Morgan fingerprint density at radius 3 is 2.00 bits per heavy atom. The van der Waals surface area contributed by atoms with Gasteiger partial charge < -0.3 is 10.2 Å². The topological polar surface area (TPSA) is 91.7 Å². The molecule has 0 aliphatic rings. The van der Waals surface area contributed by atoms with Gasteiger partial charge in [-0.05, 0) is 13.8 Å². The molecular weight excluding hydrogens is 220 g/mol. The Labute approximate surface area is 91.9 Å². The van der Waals surface area contributed by atoms with E-state index in [1.165, 1.54) is 0 Å². The van der Waals surface area contributed by atoms with Gasteiger partial charge in [0.05, 0.1) is 12.8 Å². The van der Waals surface area contributed by atoms with Crippen LogP contribution in [0.4, 0.5) is 0 Å². The van der Waals surface area contributed by atoms with Gasteiger partial charge in [-0.1, -0.05) is 11.8 Å². The van der Waals surface area contributed by atoms with Crippen LogP contribution in [0.1, 0.15) is 33.1 Å². The normalized spacial score (nSPS) is 11.1. The van der Waals surface area contributed by atoms with Crippen LogP contribution in [-0.2, 0) is 14.4 Å². The summed E-state index contributed by atoms with van der Waals surface area (Å²) in [5.41, 5.74) is 0. The van der Waals surface area contributed by atoms with Crippen molar-refractivity contribution in [1.82, 2.24) is 0 Å². The molecule has 0 heterocycles. The van der Waals surface area contributed by atoms with E-state index in [0.717, 1.165) is 11.8 Å². The Kier molecular flexibility index (Phi) is 5.35. The molecule has 6 heteroatoms. The van der Waals surface area contributed by atoms with Crippen molar-refractivity contribution >= 4 is 28.8 Å². The van der Waals surface area contributed by atoms with Gasteiger partial charge >= 0.3 is 11.9 Å². The van der Waals surface area contributed by atoms with Crippen molar-refractivity contribution in [3.63, 3.8) is 0 Å². The summed E-state index contributed by atoms with van der Waals surface area (Å²) in [6.07, 6.45) is -0.408. The number of rotatable bonds is 6. The van der Waals surface area contributed by atoms with E-state index in [-0.39, 0.29) is 24.4 Å². The highest BCUT2D eigenvalue weighted by atomic mass is 32.2. The summed E-state index contributed by atoms with van der Waals surface area (Å²) in [6.45, 7) is 3.29. The van der Waals surface area contributed by atoms with E-state index in [1.54, 1.807) is 13.8 Å². The third kappa shape index (κ3) is 7.99. The van der Waals surface area contributed by atoms with Crippen molar-refractivity contribution in [3.05, 3.63) is 0 Å². The average Bonchev–Trinajstić information content (AvgIpc) is 1.96. The maximum Gasteiger partial charge on any atom is 0.304 e. The van der Waals surface area contributed by atoms with Gasteiger partial charge in [0.25, 0.3) is 0 Å². The number of carbonyl (C=O) groups excluding carboxylic acids is 1. The first-order valence-corrected chi connectivity index (χ1v) is 5.20. The Hall–Kier alpha value is -1.04. The highest BCUT2D eigenvalue weighted by Crippen LogP contribution is 2.29. The lowest BCUT2D eigenvalue weighted by Crippen LogP contribution is -2.22. The van der Waals surface area contributed by atoms with E-state index in [1.807, 2.05) is 0 Å². The summed E-state index contributed by atoms with van der Waals surface area (Å²) in [7, 11) is 0. The van der Waals surface area contributed by atoms with E-state index < -0.39 is 16.7 Å². The third-order valence-electron chi connectivity index (χ3n) is 1.51. The minimum absolute atomic E-state index is 0.0664. The predicted octanol–water partition coefficient (Wildman–Crippen LogP) is 1.36. The number of aliphatic carboxylic acids is 2. The number of hydrogen-bond acceptors (Lipinski definition) is 4. The fourth-order valence-electron chi connectivity index (χ4n) is 0.968. The first-order chi connectivity index (χ1) is 6.73. The molecule has 0 aliphatic carbocycles. The van der Waals surface area contributed by atoms with Crippen molar-refractivity contribution < 1.29 is 24.6 Å². The molecule has 0 bridgehead atoms. The first-order valence-electron chi connectivity index (χ1n) is 4.38. The summed E-state index contributed by atoms with van der Waals surface area (Å²) in [5, 5.41) is 16.6. The van der Waals surface area contributed by atoms with Crippen molar-refractivity contribution in [2.24, 2.45) is 0 Å². The van der Waals surface area contributed by atoms with Crippen molar-refractivity contribution in [3.8, 4) is 0 Å². The summed E-state index contributed by atoms with van der Waals surface area (Å²) in [6, 6.07) is 0. The average molecular weight is 234 g/mol.